The third-order valence-electron chi connectivity index (χ3n) is 3.06. The van der Waals surface area contributed by atoms with E-state index in [9.17, 15) is 9.59 Å². The van der Waals surface area contributed by atoms with Crippen molar-refractivity contribution in [2.75, 3.05) is 20.3 Å². The van der Waals surface area contributed by atoms with Crippen molar-refractivity contribution >= 4 is 28.4 Å². The number of benzene rings is 1. The molecule has 0 saturated carbocycles. The number of carbonyl (C=O) groups excluding carboxylic acids is 1. The van der Waals surface area contributed by atoms with Crippen molar-refractivity contribution in [2.45, 2.75) is 13.5 Å². The number of aromatic amines is 1. The van der Waals surface area contributed by atoms with Crippen LogP contribution in [0.15, 0.2) is 23.0 Å². The number of H-pyrrole nitrogens is 1. The van der Waals surface area contributed by atoms with Gasteiger partial charge in [0.2, 0.25) is 5.91 Å². The predicted octanol–water partition coefficient (Wildman–Crippen LogP) is 1.57. The minimum atomic E-state index is -0.248. The highest BCUT2D eigenvalue weighted by molar-refractivity contribution is 6.31. The number of fused-ring (bicyclic) bond motifs is 1. The van der Waals surface area contributed by atoms with E-state index in [0.29, 0.717) is 28.3 Å². The zero-order chi connectivity index (χ0) is 15.4. The minimum absolute atomic E-state index is 0.00250. The average Bonchev–Trinajstić information content (AvgIpc) is 2.44. The number of nitrogens with one attached hydrogen (secondary N) is 1. The Labute approximate surface area is 126 Å². The van der Waals surface area contributed by atoms with E-state index >= 15 is 0 Å². The van der Waals surface area contributed by atoms with Gasteiger partial charge in [-0.2, -0.15) is 0 Å². The van der Waals surface area contributed by atoms with E-state index in [1.54, 1.807) is 23.1 Å². The molecule has 6 nitrogen and oxygen atoms in total. The van der Waals surface area contributed by atoms with Crippen LogP contribution >= 0.6 is 11.6 Å². The van der Waals surface area contributed by atoms with Crippen LogP contribution in [0.3, 0.4) is 0 Å². The molecular formula is C14H16ClN3O3. The van der Waals surface area contributed by atoms with Gasteiger partial charge in [-0.25, -0.2) is 4.98 Å². The topological polar surface area (TPSA) is 75.3 Å². The zero-order valence-corrected chi connectivity index (χ0v) is 12.6. The van der Waals surface area contributed by atoms with Gasteiger partial charge >= 0.3 is 0 Å². The monoisotopic (exact) mass is 309 g/mol. The second kappa shape index (κ2) is 6.69. The third kappa shape index (κ3) is 3.59. The third-order valence-corrected chi connectivity index (χ3v) is 3.30. The molecule has 0 unspecified atom stereocenters. The van der Waals surface area contributed by atoms with Crippen LogP contribution in [0.5, 0.6) is 0 Å². The van der Waals surface area contributed by atoms with Gasteiger partial charge in [0.25, 0.3) is 5.56 Å². The number of rotatable bonds is 5. The lowest BCUT2D eigenvalue weighted by molar-refractivity contribution is -0.135. The van der Waals surface area contributed by atoms with Crippen molar-refractivity contribution in [3.05, 3.63) is 39.4 Å². The normalized spacial score (nSPS) is 10.8. The number of hydrogen-bond donors (Lipinski definition) is 1. The fourth-order valence-corrected chi connectivity index (χ4v) is 2.17. The highest BCUT2D eigenvalue weighted by Crippen LogP contribution is 2.14. The molecule has 0 radical (unpaired) electrons. The second-order valence-corrected chi connectivity index (χ2v) is 4.95. The number of ether oxygens (including phenoxy) is 1. The molecule has 21 heavy (non-hydrogen) atoms. The van der Waals surface area contributed by atoms with Crippen molar-refractivity contribution in [2.24, 2.45) is 0 Å². The second-order valence-electron chi connectivity index (χ2n) is 4.52. The van der Waals surface area contributed by atoms with Crippen molar-refractivity contribution < 1.29 is 9.53 Å². The standard InChI is InChI=1S/C14H16ClN3O3/c1-3-18(13(19)8-21-2)7-12-16-11-6-9(15)4-5-10(11)14(20)17-12/h4-6H,3,7-8H2,1-2H3,(H,16,17,20). The molecule has 2 rings (SSSR count). The summed E-state index contributed by atoms with van der Waals surface area (Å²) in [7, 11) is 1.46. The molecule has 1 N–H and O–H groups in total. The Morgan fingerprint density at radius 2 is 2.24 bits per heavy atom. The number of amides is 1. The fourth-order valence-electron chi connectivity index (χ4n) is 2.01. The molecule has 0 saturated heterocycles. The lowest BCUT2D eigenvalue weighted by Crippen LogP contribution is -2.34. The first-order valence-electron chi connectivity index (χ1n) is 6.50. The van der Waals surface area contributed by atoms with Crippen LogP contribution in [-0.2, 0) is 16.1 Å². The van der Waals surface area contributed by atoms with E-state index in [1.165, 1.54) is 7.11 Å². The van der Waals surface area contributed by atoms with E-state index in [2.05, 4.69) is 9.97 Å². The molecule has 0 aliphatic heterocycles. The SMILES string of the molecule is CCN(Cc1nc2cc(Cl)ccc2c(=O)[nH]1)C(=O)COC. The molecule has 1 aromatic heterocycles. The van der Waals surface area contributed by atoms with Crippen molar-refractivity contribution in [3.8, 4) is 0 Å². The Kier molecular flexibility index (Phi) is 4.93. The maximum Gasteiger partial charge on any atom is 0.258 e. The van der Waals surface area contributed by atoms with Crippen LogP contribution in [0.25, 0.3) is 10.9 Å². The van der Waals surface area contributed by atoms with Crippen LogP contribution in [-0.4, -0.2) is 41.0 Å². The highest BCUT2D eigenvalue weighted by atomic mass is 35.5. The zero-order valence-electron chi connectivity index (χ0n) is 11.9. The summed E-state index contributed by atoms with van der Waals surface area (Å²) in [6.45, 7) is 2.57. The summed E-state index contributed by atoms with van der Waals surface area (Å²) < 4.78 is 4.83. The van der Waals surface area contributed by atoms with Crippen LogP contribution in [0, 0.1) is 0 Å². The number of methoxy groups -OCH3 is 1. The quantitative estimate of drug-likeness (QED) is 0.909. The minimum Gasteiger partial charge on any atom is -0.375 e. The van der Waals surface area contributed by atoms with Gasteiger partial charge in [0, 0.05) is 18.7 Å². The molecule has 1 heterocycles. The molecule has 2 aromatic rings. The van der Waals surface area contributed by atoms with Crippen molar-refractivity contribution in [1.29, 1.82) is 0 Å². The number of aromatic nitrogens is 2. The van der Waals surface area contributed by atoms with Crippen LogP contribution < -0.4 is 5.56 Å². The molecule has 1 amide bonds. The van der Waals surface area contributed by atoms with E-state index in [-0.39, 0.29) is 24.6 Å². The van der Waals surface area contributed by atoms with Gasteiger partial charge in [-0.15, -0.1) is 0 Å². The lowest BCUT2D eigenvalue weighted by atomic mass is 10.2. The molecule has 0 fully saturated rings. The first-order valence-corrected chi connectivity index (χ1v) is 6.88. The van der Waals surface area contributed by atoms with Crippen LogP contribution in [0.2, 0.25) is 5.02 Å². The largest absolute Gasteiger partial charge is 0.375 e. The maximum atomic E-state index is 12.0. The Balaban J connectivity index is 2.33. The van der Waals surface area contributed by atoms with E-state index in [4.69, 9.17) is 16.3 Å². The van der Waals surface area contributed by atoms with Crippen LogP contribution in [0.4, 0.5) is 0 Å². The smallest absolute Gasteiger partial charge is 0.258 e. The number of carbonyl (C=O) groups is 1. The first-order chi connectivity index (χ1) is 10.0. The summed E-state index contributed by atoms with van der Waals surface area (Å²) in [5, 5.41) is 0.976. The molecule has 0 spiro atoms. The lowest BCUT2D eigenvalue weighted by Gasteiger charge is -2.19. The molecule has 1 aromatic carbocycles. The van der Waals surface area contributed by atoms with Gasteiger partial charge in [-0.1, -0.05) is 11.6 Å². The van der Waals surface area contributed by atoms with Crippen molar-refractivity contribution in [1.82, 2.24) is 14.9 Å². The molecule has 7 heteroatoms. The molecule has 0 aliphatic rings. The van der Waals surface area contributed by atoms with Crippen molar-refractivity contribution in [3.63, 3.8) is 0 Å². The Morgan fingerprint density at radius 1 is 1.48 bits per heavy atom. The Hall–Kier alpha value is -1.92. The molecular weight excluding hydrogens is 294 g/mol. The first kappa shape index (κ1) is 15.5. The van der Waals surface area contributed by atoms with Crippen LogP contribution in [0.1, 0.15) is 12.7 Å². The Morgan fingerprint density at radius 3 is 2.90 bits per heavy atom. The fraction of sp³-hybridized carbons (Fsp3) is 0.357. The van der Waals surface area contributed by atoms with Gasteiger partial charge in [0.15, 0.2) is 0 Å². The predicted molar refractivity (Wildman–Crippen MR) is 80.3 cm³/mol. The summed E-state index contributed by atoms with van der Waals surface area (Å²) in [5.74, 6) is 0.259. The number of hydrogen-bond acceptors (Lipinski definition) is 4. The number of nitrogens with zero attached hydrogens (tertiary/aromatic N) is 2. The highest BCUT2D eigenvalue weighted by Gasteiger charge is 2.14. The molecule has 0 atom stereocenters. The van der Waals surface area contributed by atoms with E-state index in [1.807, 2.05) is 6.92 Å². The summed E-state index contributed by atoms with van der Waals surface area (Å²) in [6.07, 6.45) is 0. The van der Waals surface area contributed by atoms with Gasteiger partial charge in [0.05, 0.1) is 17.4 Å². The summed E-state index contributed by atoms with van der Waals surface area (Å²) in [5.41, 5.74) is 0.262. The average molecular weight is 310 g/mol. The number of halogens is 1. The Bertz CT molecular complexity index is 714. The van der Waals surface area contributed by atoms with E-state index in [0.717, 1.165) is 0 Å². The van der Waals surface area contributed by atoms with Gasteiger partial charge < -0.3 is 14.6 Å². The molecule has 112 valence electrons. The van der Waals surface area contributed by atoms with E-state index < -0.39 is 0 Å². The van der Waals surface area contributed by atoms with Gasteiger partial charge in [0.1, 0.15) is 12.4 Å². The summed E-state index contributed by atoms with van der Waals surface area (Å²) in [6, 6.07) is 4.89. The summed E-state index contributed by atoms with van der Waals surface area (Å²) in [4.78, 5) is 32.4. The molecule has 0 bridgehead atoms. The maximum absolute atomic E-state index is 12.0. The van der Waals surface area contributed by atoms with Gasteiger partial charge in [-0.3, -0.25) is 9.59 Å². The number of likely N-dealkylation sites (N-methyl/N-ethyl adjacent to an activating group) is 1. The molecule has 0 aliphatic carbocycles. The van der Waals surface area contributed by atoms with Gasteiger partial charge in [-0.05, 0) is 25.1 Å². The summed E-state index contributed by atoms with van der Waals surface area (Å²) >= 11 is 5.91.